The number of halogens is 7. The lowest BCUT2D eigenvalue weighted by atomic mass is 10.2. The molecule has 0 amide bonds. The molecule has 0 radical (unpaired) electrons. The Balaban J connectivity index is 2.84. The fraction of sp³-hybridized carbons (Fsp3) is 0.545. The molecule has 0 aliphatic heterocycles. The molecule has 0 fully saturated rings. The Morgan fingerprint density at radius 2 is 1.65 bits per heavy atom. The standard InChI is InChI=1S/C11H11F7NO/c1-7-5-8(3-4-19(7)2)20-6-9(12,13)10(14,15)11(16,17)18/h3-5H,6H2,1-2H3/q+1. The van der Waals surface area contributed by atoms with Gasteiger partial charge in [-0.25, -0.2) is 4.57 Å². The number of pyridine rings is 1. The third kappa shape index (κ3) is 3.13. The van der Waals surface area contributed by atoms with Crippen molar-refractivity contribution in [2.45, 2.75) is 24.9 Å². The molecule has 20 heavy (non-hydrogen) atoms. The van der Waals surface area contributed by atoms with Crippen molar-refractivity contribution in [2.75, 3.05) is 6.61 Å². The summed E-state index contributed by atoms with van der Waals surface area (Å²) in [4.78, 5) is 0. The van der Waals surface area contributed by atoms with Gasteiger partial charge in [0.1, 0.15) is 12.8 Å². The van der Waals surface area contributed by atoms with Gasteiger partial charge in [0.15, 0.2) is 18.5 Å². The number of nitrogens with zero attached hydrogens (tertiary/aromatic N) is 1. The van der Waals surface area contributed by atoms with E-state index in [1.807, 2.05) is 0 Å². The molecule has 0 saturated carbocycles. The zero-order valence-electron chi connectivity index (χ0n) is 10.4. The molecule has 0 atom stereocenters. The van der Waals surface area contributed by atoms with Gasteiger partial charge in [0.05, 0.1) is 0 Å². The minimum absolute atomic E-state index is 0.224. The van der Waals surface area contributed by atoms with Crippen LogP contribution in [-0.4, -0.2) is 24.6 Å². The minimum Gasteiger partial charge on any atom is -0.487 e. The van der Waals surface area contributed by atoms with Crippen molar-refractivity contribution < 1.29 is 40.0 Å². The van der Waals surface area contributed by atoms with E-state index in [9.17, 15) is 30.7 Å². The highest BCUT2D eigenvalue weighted by molar-refractivity contribution is 5.19. The van der Waals surface area contributed by atoms with Gasteiger partial charge >= 0.3 is 18.0 Å². The van der Waals surface area contributed by atoms with E-state index in [4.69, 9.17) is 0 Å². The lowest BCUT2D eigenvalue weighted by Crippen LogP contribution is -2.54. The molecule has 0 spiro atoms. The zero-order chi connectivity index (χ0) is 15.8. The maximum absolute atomic E-state index is 13.0. The quantitative estimate of drug-likeness (QED) is 0.615. The van der Waals surface area contributed by atoms with Crippen molar-refractivity contribution >= 4 is 0 Å². The van der Waals surface area contributed by atoms with E-state index < -0.39 is 24.6 Å². The van der Waals surface area contributed by atoms with Crippen LogP contribution in [0.5, 0.6) is 5.75 Å². The maximum Gasteiger partial charge on any atom is 0.460 e. The summed E-state index contributed by atoms with van der Waals surface area (Å²) in [6.07, 6.45) is -4.95. The Morgan fingerprint density at radius 1 is 1.10 bits per heavy atom. The minimum atomic E-state index is -6.35. The van der Waals surface area contributed by atoms with Crippen LogP contribution in [-0.2, 0) is 7.05 Å². The van der Waals surface area contributed by atoms with Crippen LogP contribution in [0.25, 0.3) is 0 Å². The highest BCUT2D eigenvalue weighted by Crippen LogP contribution is 2.46. The molecule has 2 nitrogen and oxygen atoms in total. The number of alkyl halides is 7. The van der Waals surface area contributed by atoms with Crippen LogP contribution in [0.2, 0.25) is 0 Å². The van der Waals surface area contributed by atoms with Crippen molar-refractivity contribution in [3.05, 3.63) is 24.0 Å². The number of ether oxygens (including phenoxy) is 1. The predicted molar refractivity (Wildman–Crippen MR) is 53.8 cm³/mol. The Kier molecular flexibility index (Phi) is 4.21. The second kappa shape index (κ2) is 5.10. The summed E-state index contributed by atoms with van der Waals surface area (Å²) in [5.74, 6) is -11.7. The fourth-order valence-corrected chi connectivity index (χ4v) is 1.22. The third-order valence-corrected chi connectivity index (χ3v) is 2.61. The number of hydrogen-bond donors (Lipinski definition) is 0. The van der Waals surface area contributed by atoms with E-state index in [0.29, 0.717) is 5.69 Å². The first kappa shape index (κ1) is 16.5. The van der Waals surface area contributed by atoms with Crippen LogP contribution in [0, 0.1) is 6.92 Å². The lowest BCUT2D eigenvalue weighted by molar-refractivity contribution is -0.677. The van der Waals surface area contributed by atoms with Crippen LogP contribution < -0.4 is 9.30 Å². The Morgan fingerprint density at radius 3 is 2.10 bits per heavy atom. The van der Waals surface area contributed by atoms with Gasteiger partial charge in [-0.05, 0) is 0 Å². The monoisotopic (exact) mass is 306 g/mol. The Hall–Kier alpha value is -1.54. The first-order valence-corrected chi connectivity index (χ1v) is 5.30. The van der Waals surface area contributed by atoms with Gasteiger partial charge in [-0.3, -0.25) is 0 Å². The number of aryl methyl sites for hydroxylation is 2. The van der Waals surface area contributed by atoms with Gasteiger partial charge in [0.25, 0.3) is 0 Å². The van der Waals surface area contributed by atoms with Gasteiger partial charge in [0, 0.05) is 19.1 Å². The largest absolute Gasteiger partial charge is 0.487 e. The van der Waals surface area contributed by atoms with E-state index in [-0.39, 0.29) is 5.75 Å². The first-order valence-electron chi connectivity index (χ1n) is 5.30. The fourth-order valence-electron chi connectivity index (χ4n) is 1.22. The molecule has 1 aromatic heterocycles. The van der Waals surface area contributed by atoms with E-state index in [2.05, 4.69) is 4.74 Å². The molecule has 0 aliphatic rings. The molecule has 114 valence electrons. The molecular formula is C11H11F7NO+. The SMILES string of the molecule is Cc1cc(OCC(F)(F)C(F)(F)C(F)(F)F)cc[n+]1C. The molecule has 0 aromatic carbocycles. The molecule has 1 aromatic rings. The topological polar surface area (TPSA) is 13.1 Å². The van der Waals surface area contributed by atoms with Gasteiger partial charge in [-0.2, -0.15) is 30.7 Å². The molecule has 0 bridgehead atoms. The summed E-state index contributed by atoms with van der Waals surface area (Å²) in [5.41, 5.74) is 0.549. The number of aromatic nitrogens is 1. The summed E-state index contributed by atoms with van der Waals surface area (Å²) in [6, 6.07) is 2.41. The molecule has 1 rings (SSSR count). The van der Waals surface area contributed by atoms with Crippen molar-refractivity contribution in [1.82, 2.24) is 0 Å². The normalized spacial score (nSPS) is 13.4. The maximum atomic E-state index is 13.0. The second-order valence-electron chi connectivity index (χ2n) is 4.18. The molecular weight excluding hydrogens is 295 g/mol. The van der Waals surface area contributed by atoms with Crippen LogP contribution in [0.1, 0.15) is 5.69 Å². The van der Waals surface area contributed by atoms with E-state index in [1.54, 1.807) is 18.5 Å². The smallest absolute Gasteiger partial charge is 0.460 e. The second-order valence-corrected chi connectivity index (χ2v) is 4.18. The summed E-state index contributed by atoms with van der Waals surface area (Å²) in [6.45, 7) is -0.498. The summed E-state index contributed by atoms with van der Waals surface area (Å²) >= 11 is 0. The van der Waals surface area contributed by atoms with E-state index in [0.717, 1.165) is 0 Å². The summed E-state index contributed by atoms with van der Waals surface area (Å²) in [7, 11) is 1.63. The molecule has 0 aliphatic carbocycles. The van der Waals surface area contributed by atoms with Crippen LogP contribution >= 0.6 is 0 Å². The molecule has 9 heteroatoms. The summed E-state index contributed by atoms with van der Waals surface area (Å²) in [5, 5.41) is 0. The Labute approximate surface area is 109 Å². The predicted octanol–water partition coefficient (Wildman–Crippen LogP) is 3.03. The number of rotatable bonds is 4. The van der Waals surface area contributed by atoms with Gasteiger partial charge < -0.3 is 4.74 Å². The van der Waals surface area contributed by atoms with Gasteiger partial charge in [0.2, 0.25) is 0 Å². The van der Waals surface area contributed by atoms with E-state index in [1.165, 1.54) is 18.3 Å². The number of hydrogen-bond acceptors (Lipinski definition) is 1. The van der Waals surface area contributed by atoms with Crippen LogP contribution in [0.3, 0.4) is 0 Å². The van der Waals surface area contributed by atoms with E-state index >= 15 is 0 Å². The Bertz CT molecular complexity index is 484. The van der Waals surface area contributed by atoms with Gasteiger partial charge in [-0.15, -0.1) is 0 Å². The molecule has 0 saturated heterocycles. The molecule has 0 unspecified atom stereocenters. The van der Waals surface area contributed by atoms with Crippen molar-refractivity contribution in [2.24, 2.45) is 7.05 Å². The lowest BCUT2D eigenvalue weighted by Gasteiger charge is -2.27. The molecule has 1 heterocycles. The summed E-state index contributed by atoms with van der Waals surface area (Å²) < 4.78 is 92.7. The average molecular weight is 306 g/mol. The average Bonchev–Trinajstić information content (AvgIpc) is 2.29. The van der Waals surface area contributed by atoms with Gasteiger partial charge in [-0.1, -0.05) is 0 Å². The first-order chi connectivity index (χ1) is 8.88. The van der Waals surface area contributed by atoms with Crippen molar-refractivity contribution in [3.63, 3.8) is 0 Å². The molecule has 0 N–H and O–H groups in total. The third-order valence-electron chi connectivity index (χ3n) is 2.61. The highest BCUT2D eigenvalue weighted by Gasteiger charge is 2.73. The van der Waals surface area contributed by atoms with Crippen LogP contribution in [0.15, 0.2) is 18.3 Å². The van der Waals surface area contributed by atoms with Crippen molar-refractivity contribution in [1.29, 1.82) is 0 Å². The zero-order valence-corrected chi connectivity index (χ0v) is 10.4. The van der Waals surface area contributed by atoms with Crippen LogP contribution in [0.4, 0.5) is 30.7 Å². The highest BCUT2D eigenvalue weighted by atomic mass is 19.4. The van der Waals surface area contributed by atoms with Crippen molar-refractivity contribution in [3.8, 4) is 5.75 Å².